The largest absolute Gasteiger partial charge is 0.508 e. The lowest BCUT2D eigenvalue weighted by Gasteiger charge is -2.20. The summed E-state index contributed by atoms with van der Waals surface area (Å²) >= 11 is 0. The van der Waals surface area contributed by atoms with Crippen molar-refractivity contribution in [3.8, 4) is 22.6 Å². The Bertz CT molecular complexity index is 748. The zero-order chi connectivity index (χ0) is 12.9. The maximum absolute atomic E-state index is 12.1. The summed E-state index contributed by atoms with van der Waals surface area (Å²) in [5, 5.41) is 18.8. The molecule has 4 nitrogen and oxygen atoms in total. The Morgan fingerprint density at radius 1 is 0.889 bits per heavy atom. The second-order valence-electron chi connectivity index (χ2n) is 4.28. The van der Waals surface area contributed by atoms with Crippen molar-refractivity contribution in [2.45, 2.75) is 10.6 Å². The number of hydrogen-bond acceptors (Lipinski definition) is 4. The second kappa shape index (κ2) is 3.49. The predicted octanol–water partition coefficient (Wildman–Crippen LogP) is 2.05. The molecular weight excluding hydrogens is 252 g/mol. The molecule has 0 amide bonds. The molecule has 0 bridgehead atoms. The van der Waals surface area contributed by atoms with Crippen molar-refractivity contribution < 1.29 is 18.6 Å². The van der Waals surface area contributed by atoms with Crippen molar-refractivity contribution in [3.05, 3.63) is 42.0 Å². The van der Waals surface area contributed by atoms with E-state index in [9.17, 15) is 18.6 Å². The van der Waals surface area contributed by atoms with Gasteiger partial charge in [0, 0.05) is 5.56 Å². The number of phenols is 2. The summed E-state index contributed by atoms with van der Waals surface area (Å²) < 4.78 is 24.2. The van der Waals surface area contributed by atoms with E-state index in [2.05, 4.69) is 0 Å². The molecule has 0 fully saturated rings. The third-order valence-electron chi connectivity index (χ3n) is 3.02. The Hall–Kier alpha value is -2.01. The van der Waals surface area contributed by atoms with Crippen LogP contribution in [-0.4, -0.2) is 18.6 Å². The third-order valence-corrected chi connectivity index (χ3v) is 4.72. The molecule has 3 rings (SSSR count). The van der Waals surface area contributed by atoms with Crippen molar-refractivity contribution in [1.82, 2.24) is 0 Å². The maximum Gasteiger partial charge on any atom is 0.183 e. The Morgan fingerprint density at radius 2 is 1.50 bits per heavy atom. The van der Waals surface area contributed by atoms with Crippen molar-refractivity contribution in [2.75, 3.05) is 0 Å². The number of hydrogen-bond donors (Lipinski definition) is 2. The highest BCUT2D eigenvalue weighted by Crippen LogP contribution is 2.40. The molecule has 1 heterocycles. The summed E-state index contributed by atoms with van der Waals surface area (Å²) in [6, 6.07) is 8.97. The fourth-order valence-electron chi connectivity index (χ4n) is 2.24. The van der Waals surface area contributed by atoms with Crippen LogP contribution in [0.15, 0.2) is 41.3 Å². The molecule has 0 spiro atoms. The molecule has 2 aromatic rings. The van der Waals surface area contributed by atoms with Gasteiger partial charge in [0.05, 0.1) is 10.6 Å². The third kappa shape index (κ3) is 1.55. The number of fused-ring (bicyclic) bond motifs is 3. The van der Waals surface area contributed by atoms with Crippen LogP contribution in [0.4, 0.5) is 0 Å². The molecule has 92 valence electrons. The van der Waals surface area contributed by atoms with Crippen molar-refractivity contribution in [2.24, 2.45) is 0 Å². The number of sulfone groups is 1. The highest BCUT2D eigenvalue weighted by atomic mass is 32.2. The first kappa shape index (κ1) is 11.1. The molecule has 0 unspecified atom stereocenters. The van der Waals surface area contributed by atoms with Crippen molar-refractivity contribution in [3.63, 3.8) is 0 Å². The van der Waals surface area contributed by atoms with Gasteiger partial charge < -0.3 is 10.2 Å². The minimum Gasteiger partial charge on any atom is -0.508 e. The number of rotatable bonds is 0. The molecule has 0 atom stereocenters. The van der Waals surface area contributed by atoms with Crippen LogP contribution < -0.4 is 0 Å². The van der Waals surface area contributed by atoms with Gasteiger partial charge in [-0.2, -0.15) is 0 Å². The molecule has 0 aliphatic carbocycles. The van der Waals surface area contributed by atoms with Crippen LogP contribution >= 0.6 is 0 Å². The Morgan fingerprint density at radius 3 is 2.22 bits per heavy atom. The molecule has 5 heteroatoms. The molecule has 0 aromatic heterocycles. The normalized spacial score (nSPS) is 15.8. The monoisotopic (exact) mass is 262 g/mol. The Balaban J connectivity index is 2.39. The first-order valence-corrected chi connectivity index (χ1v) is 7.01. The van der Waals surface area contributed by atoms with Gasteiger partial charge in [0.2, 0.25) is 0 Å². The van der Waals surface area contributed by atoms with E-state index in [0.29, 0.717) is 11.1 Å². The average molecular weight is 262 g/mol. The van der Waals surface area contributed by atoms with E-state index in [1.807, 2.05) is 0 Å². The Kier molecular flexibility index (Phi) is 2.15. The SMILES string of the molecule is O=S1(=O)Cc2cc(O)ccc2-c2ccc(O)cc21. The summed E-state index contributed by atoms with van der Waals surface area (Å²) in [7, 11) is -3.47. The van der Waals surface area contributed by atoms with Gasteiger partial charge >= 0.3 is 0 Å². The summed E-state index contributed by atoms with van der Waals surface area (Å²) in [6.45, 7) is 0. The maximum atomic E-state index is 12.1. The van der Waals surface area contributed by atoms with Gasteiger partial charge in [-0.15, -0.1) is 0 Å². The van der Waals surface area contributed by atoms with Crippen LogP contribution in [0.5, 0.6) is 11.5 Å². The van der Waals surface area contributed by atoms with E-state index >= 15 is 0 Å². The van der Waals surface area contributed by atoms with E-state index in [4.69, 9.17) is 0 Å². The molecule has 2 aromatic carbocycles. The lowest BCUT2D eigenvalue weighted by molar-refractivity contribution is 0.472. The molecule has 0 radical (unpaired) electrons. The first-order valence-electron chi connectivity index (χ1n) is 5.35. The predicted molar refractivity (Wildman–Crippen MR) is 66.1 cm³/mol. The molecule has 1 aliphatic heterocycles. The molecule has 18 heavy (non-hydrogen) atoms. The van der Waals surface area contributed by atoms with Gasteiger partial charge in [-0.1, -0.05) is 6.07 Å². The minimum atomic E-state index is -3.47. The zero-order valence-corrected chi connectivity index (χ0v) is 10.1. The fraction of sp³-hybridized carbons (Fsp3) is 0.0769. The molecule has 0 saturated carbocycles. The van der Waals surface area contributed by atoms with Crippen LogP contribution in [0, 0.1) is 0 Å². The zero-order valence-electron chi connectivity index (χ0n) is 9.29. The van der Waals surface area contributed by atoms with Crippen LogP contribution in [0.3, 0.4) is 0 Å². The van der Waals surface area contributed by atoms with E-state index in [0.717, 1.165) is 5.56 Å². The fourth-order valence-corrected chi connectivity index (χ4v) is 3.85. The topological polar surface area (TPSA) is 74.6 Å². The first-order chi connectivity index (χ1) is 8.47. The summed E-state index contributed by atoms with van der Waals surface area (Å²) in [6.07, 6.45) is 0. The molecule has 2 N–H and O–H groups in total. The van der Waals surface area contributed by atoms with Gasteiger partial charge in [0.15, 0.2) is 9.84 Å². The van der Waals surface area contributed by atoms with Crippen LogP contribution in [0.25, 0.3) is 11.1 Å². The number of aromatic hydroxyl groups is 2. The number of benzene rings is 2. The van der Waals surface area contributed by atoms with Gasteiger partial charge in [0.1, 0.15) is 11.5 Å². The van der Waals surface area contributed by atoms with Crippen LogP contribution in [0.2, 0.25) is 0 Å². The molecule has 1 aliphatic rings. The van der Waals surface area contributed by atoms with Crippen molar-refractivity contribution in [1.29, 1.82) is 0 Å². The van der Waals surface area contributed by atoms with Gasteiger partial charge in [-0.25, -0.2) is 8.42 Å². The number of phenolic OH excluding ortho intramolecular Hbond substituents is 2. The van der Waals surface area contributed by atoms with Gasteiger partial charge in [-0.05, 0) is 41.5 Å². The average Bonchev–Trinajstić information content (AvgIpc) is 2.28. The molecule has 0 saturated heterocycles. The molecular formula is C13H10O4S. The summed E-state index contributed by atoms with van der Waals surface area (Å²) in [5.41, 5.74) is 1.92. The van der Waals surface area contributed by atoms with Crippen molar-refractivity contribution >= 4 is 9.84 Å². The van der Waals surface area contributed by atoms with E-state index in [-0.39, 0.29) is 22.1 Å². The highest BCUT2D eigenvalue weighted by Gasteiger charge is 2.28. The van der Waals surface area contributed by atoms with Gasteiger partial charge in [0.25, 0.3) is 0 Å². The van der Waals surface area contributed by atoms with Gasteiger partial charge in [-0.3, -0.25) is 0 Å². The summed E-state index contributed by atoms with van der Waals surface area (Å²) in [5.74, 6) is -0.182. The quantitative estimate of drug-likeness (QED) is 0.762. The standard InChI is InChI=1S/C13H10O4S/c14-9-1-3-11-8(5-9)7-18(16,17)13-6-10(15)2-4-12(11)13/h1-6,14-15H,7H2. The lowest BCUT2D eigenvalue weighted by atomic mass is 9.99. The van der Waals surface area contributed by atoms with E-state index in [1.54, 1.807) is 12.1 Å². The lowest BCUT2D eigenvalue weighted by Crippen LogP contribution is -2.12. The van der Waals surface area contributed by atoms with Crippen LogP contribution in [-0.2, 0) is 15.6 Å². The van der Waals surface area contributed by atoms with E-state index in [1.165, 1.54) is 24.3 Å². The summed E-state index contributed by atoms with van der Waals surface area (Å²) in [4.78, 5) is 0.140. The Labute approximate surface area is 104 Å². The minimum absolute atomic E-state index is 0.0474. The highest BCUT2D eigenvalue weighted by molar-refractivity contribution is 7.90. The smallest absolute Gasteiger partial charge is 0.183 e. The van der Waals surface area contributed by atoms with E-state index < -0.39 is 9.84 Å². The van der Waals surface area contributed by atoms with Crippen LogP contribution in [0.1, 0.15) is 5.56 Å². The second-order valence-corrected chi connectivity index (χ2v) is 6.24.